The van der Waals surface area contributed by atoms with Gasteiger partial charge in [-0.2, -0.15) is 0 Å². The summed E-state index contributed by atoms with van der Waals surface area (Å²) in [7, 11) is 0. The zero-order chi connectivity index (χ0) is 9.97. The van der Waals surface area contributed by atoms with Gasteiger partial charge in [-0.3, -0.25) is 4.79 Å². The highest BCUT2D eigenvalue weighted by Gasteiger charge is 2.27. The first-order chi connectivity index (χ1) is 6.79. The van der Waals surface area contributed by atoms with Crippen LogP contribution in [0.1, 0.15) is 18.4 Å². The second kappa shape index (κ2) is 3.70. The summed E-state index contributed by atoms with van der Waals surface area (Å²) in [6.07, 6.45) is 3.11. The first kappa shape index (κ1) is 9.06. The third kappa shape index (κ3) is 2.05. The number of rotatable bonds is 4. The van der Waals surface area contributed by atoms with Gasteiger partial charge in [-0.15, -0.1) is 0 Å². The highest BCUT2D eigenvalue weighted by molar-refractivity contribution is 5.49. The van der Waals surface area contributed by atoms with Gasteiger partial charge in [0, 0.05) is 12.6 Å². The minimum absolute atomic E-state index is 0.254. The van der Waals surface area contributed by atoms with Crippen molar-refractivity contribution in [1.82, 2.24) is 4.90 Å². The number of carbonyl (C=O) groups excluding carboxylic acids is 1. The Bertz CT molecular complexity index is 334. The van der Waals surface area contributed by atoms with Gasteiger partial charge in [-0.25, -0.2) is 0 Å². The van der Waals surface area contributed by atoms with E-state index < -0.39 is 0 Å². The van der Waals surface area contributed by atoms with Crippen molar-refractivity contribution in [3.05, 3.63) is 29.8 Å². The molecule has 2 rings (SSSR count). The number of phenols is 1. The zero-order valence-electron chi connectivity index (χ0n) is 7.89. The van der Waals surface area contributed by atoms with Gasteiger partial charge in [-0.1, -0.05) is 12.1 Å². The standard InChI is InChI=1S/C11H13NO2/c13-8-12(10-4-5-10)7-9-2-1-3-11(14)6-9/h1-3,6,8,10,14H,4-5,7H2. The van der Waals surface area contributed by atoms with Gasteiger partial charge in [0.25, 0.3) is 0 Å². The molecule has 0 radical (unpaired) electrons. The van der Waals surface area contributed by atoms with Gasteiger partial charge >= 0.3 is 0 Å². The molecule has 0 saturated heterocycles. The summed E-state index contributed by atoms with van der Waals surface area (Å²) in [6.45, 7) is 0.600. The third-order valence-corrected chi connectivity index (χ3v) is 2.43. The maximum absolute atomic E-state index is 10.7. The molecule has 0 spiro atoms. The molecule has 3 heteroatoms. The number of phenolic OH excluding ortho intramolecular Hbond substituents is 1. The number of benzene rings is 1. The van der Waals surface area contributed by atoms with E-state index in [2.05, 4.69) is 0 Å². The summed E-state index contributed by atoms with van der Waals surface area (Å²) >= 11 is 0. The van der Waals surface area contributed by atoms with Crippen molar-refractivity contribution in [2.24, 2.45) is 0 Å². The Hall–Kier alpha value is -1.51. The fourth-order valence-electron chi connectivity index (χ4n) is 1.52. The highest BCUT2D eigenvalue weighted by atomic mass is 16.3. The van der Waals surface area contributed by atoms with Crippen molar-refractivity contribution >= 4 is 6.41 Å². The Balaban J connectivity index is 2.04. The first-order valence-corrected chi connectivity index (χ1v) is 4.78. The third-order valence-electron chi connectivity index (χ3n) is 2.43. The average molecular weight is 191 g/mol. The SMILES string of the molecule is O=CN(Cc1cccc(O)c1)C1CC1. The van der Waals surface area contributed by atoms with E-state index >= 15 is 0 Å². The van der Waals surface area contributed by atoms with Crippen LogP contribution in [-0.4, -0.2) is 22.5 Å². The van der Waals surface area contributed by atoms with Crippen LogP contribution in [0.2, 0.25) is 0 Å². The van der Waals surface area contributed by atoms with E-state index in [4.69, 9.17) is 0 Å². The molecule has 0 aromatic heterocycles. The Morgan fingerprint density at radius 2 is 2.29 bits per heavy atom. The number of nitrogens with zero attached hydrogens (tertiary/aromatic N) is 1. The second-order valence-corrected chi connectivity index (χ2v) is 3.68. The van der Waals surface area contributed by atoms with Gasteiger partial charge < -0.3 is 10.0 Å². The summed E-state index contributed by atoms with van der Waals surface area (Å²) in [5.74, 6) is 0.254. The van der Waals surface area contributed by atoms with Crippen molar-refractivity contribution in [1.29, 1.82) is 0 Å². The van der Waals surface area contributed by atoms with Crippen LogP contribution >= 0.6 is 0 Å². The van der Waals surface area contributed by atoms with Gasteiger partial charge in [0.15, 0.2) is 0 Å². The zero-order valence-corrected chi connectivity index (χ0v) is 7.89. The molecule has 1 fully saturated rings. The largest absolute Gasteiger partial charge is 0.508 e. The van der Waals surface area contributed by atoms with Crippen molar-refractivity contribution in [2.45, 2.75) is 25.4 Å². The van der Waals surface area contributed by atoms with Gasteiger partial charge in [0.1, 0.15) is 5.75 Å². The van der Waals surface area contributed by atoms with Crippen molar-refractivity contribution < 1.29 is 9.90 Å². The van der Waals surface area contributed by atoms with Gasteiger partial charge in [-0.05, 0) is 30.5 Å². The lowest BCUT2D eigenvalue weighted by atomic mass is 10.2. The van der Waals surface area contributed by atoms with Crippen LogP contribution in [0.15, 0.2) is 24.3 Å². The Morgan fingerprint density at radius 1 is 1.50 bits per heavy atom. The van der Waals surface area contributed by atoms with E-state index in [1.54, 1.807) is 23.1 Å². The lowest BCUT2D eigenvalue weighted by Gasteiger charge is -2.16. The van der Waals surface area contributed by atoms with Gasteiger partial charge in [0.2, 0.25) is 6.41 Å². The van der Waals surface area contributed by atoms with Crippen LogP contribution in [0.3, 0.4) is 0 Å². The van der Waals surface area contributed by atoms with Crippen LogP contribution < -0.4 is 0 Å². The second-order valence-electron chi connectivity index (χ2n) is 3.68. The summed E-state index contributed by atoms with van der Waals surface area (Å²) in [5, 5.41) is 9.25. The minimum atomic E-state index is 0.254. The average Bonchev–Trinajstić information content (AvgIpc) is 2.97. The number of aromatic hydroxyl groups is 1. The van der Waals surface area contributed by atoms with E-state index in [0.29, 0.717) is 12.6 Å². The lowest BCUT2D eigenvalue weighted by Crippen LogP contribution is -2.23. The monoisotopic (exact) mass is 191 g/mol. The molecule has 0 aliphatic heterocycles. The maximum Gasteiger partial charge on any atom is 0.210 e. The lowest BCUT2D eigenvalue weighted by molar-refractivity contribution is -0.119. The molecule has 1 aliphatic carbocycles. The van der Waals surface area contributed by atoms with Crippen molar-refractivity contribution in [3.8, 4) is 5.75 Å². The normalized spacial score (nSPS) is 15.1. The molecule has 14 heavy (non-hydrogen) atoms. The predicted molar refractivity (Wildman–Crippen MR) is 52.7 cm³/mol. The quantitative estimate of drug-likeness (QED) is 0.733. The summed E-state index contributed by atoms with van der Waals surface area (Å²) in [5.41, 5.74) is 0.976. The molecule has 0 unspecified atom stereocenters. The van der Waals surface area contributed by atoms with E-state index in [-0.39, 0.29) is 5.75 Å². The summed E-state index contributed by atoms with van der Waals surface area (Å²) in [4.78, 5) is 12.5. The Labute approximate surface area is 83.0 Å². The van der Waals surface area contributed by atoms with E-state index in [1.807, 2.05) is 6.07 Å². The molecule has 1 N–H and O–H groups in total. The topological polar surface area (TPSA) is 40.5 Å². The molecule has 3 nitrogen and oxygen atoms in total. The smallest absolute Gasteiger partial charge is 0.210 e. The Kier molecular flexibility index (Phi) is 2.39. The molecule has 74 valence electrons. The molecule has 1 saturated carbocycles. The van der Waals surface area contributed by atoms with Crippen molar-refractivity contribution in [2.75, 3.05) is 0 Å². The number of amides is 1. The molecule has 0 heterocycles. The Morgan fingerprint density at radius 3 is 2.86 bits per heavy atom. The van der Waals surface area contributed by atoms with Crippen LogP contribution in [0.25, 0.3) is 0 Å². The van der Waals surface area contributed by atoms with Crippen LogP contribution in [0.4, 0.5) is 0 Å². The summed E-state index contributed by atoms with van der Waals surface area (Å²) in [6, 6.07) is 7.46. The van der Waals surface area contributed by atoms with E-state index in [0.717, 1.165) is 24.8 Å². The fraction of sp³-hybridized carbons (Fsp3) is 0.364. The molecule has 1 aromatic rings. The molecule has 1 aromatic carbocycles. The molecular formula is C11H13NO2. The van der Waals surface area contributed by atoms with Gasteiger partial charge in [0.05, 0.1) is 0 Å². The number of hydrogen-bond acceptors (Lipinski definition) is 2. The number of carbonyl (C=O) groups is 1. The van der Waals surface area contributed by atoms with Crippen molar-refractivity contribution in [3.63, 3.8) is 0 Å². The molecule has 1 aliphatic rings. The minimum Gasteiger partial charge on any atom is -0.508 e. The predicted octanol–water partition coefficient (Wildman–Crippen LogP) is 1.51. The maximum atomic E-state index is 10.7. The van der Waals surface area contributed by atoms with Crippen LogP contribution in [-0.2, 0) is 11.3 Å². The first-order valence-electron chi connectivity index (χ1n) is 4.78. The van der Waals surface area contributed by atoms with E-state index in [9.17, 15) is 9.90 Å². The molecule has 1 amide bonds. The summed E-state index contributed by atoms with van der Waals surface area (Å²) < 4.78 is 0. The molecule has 0 atom stereocenters. The molecular weight excluding hydrogens is 178 g/mol. The number of hydrogen-bond donors (Lipinski definition) is 1. The fourth-order valence-corrected chi connectivity index (χ4v) is 1.52. The van der Waals surface area contributed by atoms with E-state index in [1.165, 1.54) is 0 Å². The van der Waals surface area contributed by atoms with Crippen LogP contribution in [0, 0.1) is 0 Å². The molecule has 0 bridgehead atoms. The van der Waals surface area contributed by atoms with Crippen LogP contribution in [0.5, 0.6) is 5.75 Å². The highest BCUT2D eigenvalue weighted by Crippen LogP contribution is 2.27.